The third-order valence-corrected chi connectivity index (χ3v) is 1.68. The van der Waals surface area contributed by atoms with Crippen molar-refractivity contribution in [3.05, 3.63) is 0 Å². The van der Waals surface area contributed by atoms with E-state index in [1.54, 1.807) is 0 Å². The summed E-state index contributed by atoms with van der Waals surface area (Å²) in [6.45, 7) is 0.488. The van der Waals surface area contributed by atoms with Gasteiger partial charge in [-0.05, 0) is 6.42 Å². The summed E-state index contributed by atoms with van der Waals surface area (Å²) in [5.41, 5.74) is 0. The molecule has 1 fully saturated rings. The normalized spacial score (nSPS) is 27.5. The molecule has 1 aliphatic heterocycles. The fourth-order valence-electron chi connectivity index (χ4n) is 0.991. The maximum atomic E-state index is 11.8. The molecule has 12 heavy (non-hydrogen) atoms. The van der Waals surface area contributed by atoms with Gasteiger partial charge in [0.2, 0.25) is 0 Å². The Bertz CT molecular complexity index is 144. The Labute approximate surface area is 67.5 Å². The largest absolute Gasteiger partial charge is 0.414 e. The van der Waals surface area contributed by atoms with E-state index in [1.165, 1.54) is 0 Å². The van der Waals surface area contributed by atoms with E-state index >= 15 is 0 Å². The molecule has 1 rings (SSSR count). The molecule has 0 aromatic heterocycles. The third kappa shape index (κ3) is 2.62. The molecule has 1 heterocycles. The fraction of sp³-hybridized carbons (Fsp3) is 1.00. The van der Waals surface area contributed by atoms with Crippen LogP contribution in [0.3, 0.4) is 0 Å². The third-order valence-electron chi connectivity index (χ3n) is 1.68. The summed E-state index contributed by atoms with van der Waals surface area (Å²) in [6.07, 6.45) is -7.12. The number of nitrogens with one attached hydrogen (secondary N) is 1. The van der Waals surface area contributed by atoms with E-state index in [0.717, 1.165) is 0 Å². The molecule has 1 saturated heterocycles. The number of halogens is 3. The van der Waals surface area contributed by atoms with Crippen LogP contribution >= 0.6 is 0 Å². The standard InChI is InChI=1S/C6H10F3NO2/c7-6(8,9)5(11)1-4-2-12-3-10-4/h4-5,10-11H,1-3H2/t4?,5-/m1/s1. The van der Waals surface area contributed by atoms with E-state index in [1.807, 2.05) is 0 Å². The highest BCUT2D eigenvalue weighted by molar-refractivity contribution is 4.76. The van der Waals surface area contributed by atoms with Gasteiger partial charge in [-0.3, -0.25) is 5.32 Å². The van der Waals surface area contributed by atoms with Crippen LogP contribution in [0.5, 0.6) is 0 Å². The van der Waals surface area contributed by atoms with Crippen LogP contribution in [-0.4, -0.2) is 36.8 Å². The van der Waals surface area contributed by atoms with Crippen molar-refractivity contribution in [3.63, 3.8) is 0 Å². The van der Waals surface area contributed by atoms with E-state index in [2.05, 4.69) is 5.32 Å². The van der Waals surface area contributed by atoms with Gasteiger partial charge < -0.3 is 9.84 Å². The summed E-state index contributed by atoms with van der Waals surface area (Å²) in [7, 11) is 0. The monoisotopic (exact) mass is 185 g/mol. The lowest BCUT2D eigenvalue weighted by Crippen LogP contribution is -2.36. The average molecular weight is 185 g/mol. The molecule has 0 saturated carbocycles. The molecule has 0 spiro atoms. The van der Waals surface area contributed by atoms with Crippen LogP contribution < -0.4 is 5.32 Å². The highest BCUT2D eigenvalue weighted by Crippen LogP contribution is 2.23. The fourth-order valence-corrected chi connectivity index (χ4v) is 0.991. The molecule has 0 aliphatic carbocycles. The van der Waals surface area contributed by atoms with Gasteiger partial charge in [-0.2, -0.15) is 13.2 Å². The zero-order chi connectivity index (χ0) is 9.19. The van der Waals surface area contributed by atoms with Crippen LogP contribution in [0.1, 0.15) is 6.42 Å². The van der Waals surface area contributed by atoms with Crippen LogP contribution in [-0.2, 0) is 4.74 Å². The molecule has 1 aliphatic rings. The lowest BCUT2D eigenvalue weighted by Gasteiger charge is -2.17. The van der Waals surface area contributed by atoms with Crippen molar-refractivity contribution in [2.24, 2.45) is 0 Å². The van der Waals surface area contributed by atoms with Gasteiger partial charge in [0.25, 0.3) is 0 Å². The summed E-state index contributed by atoms with van der Waals surface area (Å²) < 4.78 is 40.1. The van der Waals surface area contributed by atoms with Crippen LogP contribution in [0.25, 0.3) is 0 Å². The zero-order valence-electron chi connectivity index (χ0n) is 6.27. The Morgan fingerprint density at radius 2 is 2.25 bits per heavy atom. The first-order valence-electron chi connectivity index (χ1n) is 3.56. The Morgan fingerprint density at radius 1 is 1.58 bits per heavy atom. The molecule has 2 N–H and O–H groups in total. The molecular formula is C6H10F3NO2. The highest BCUT2D eigenvalue weighted by Gasteiger charge is 2.39. The summed E-state index contributed by atoms with van der Waals surface area (Å²) >= 11 is 0. The summed E-state index contributed by atoms with van der Waals surface area (Å²) in [4.78, 5) is 0. The van der Waals surface area contributed by atoms with Crippen molar-refractivity contribution in [2.45, 2.75) is 24.7 Å². The number of alkyl halides is 3. The van der Waals surface area contributed by atoms with Crippen molar-refractivity contribution in [2.75, 3.05) is 13.3 Å². The van der Waals surface area contributed by atoms with E-state index in [9.17, 15) is 13.2 Å². The van der Waals surface area contributed by atoms with E-state index in [0.29, 0.717) is 0 Å². The van der Waals surface area contributed by atoms with Gasteiger partial charge in [0.1, 0.15) is 0 Å². The van der Waals surface area contributed by atoms with E-state index < -0.39 is 12.3 Å². The van der Waals surface area contributed by atoms with Crippen molar-refractivity contribution < 1.29 is 23.0 Å². The first-order valence-corrected chi connectivity index (χ1v) is 3.56. The molecule has 0 radical (unpaired) electrons. The minimum atomic E-state index is -4.52. The number of ether oxygens (including phenoxy) is 1. The zero-order valence-corrected chi connectivity index (χ0v) is 6.27. The molecule has 1 unspecified atom stereocenters. The molecule has 0 amide bonds. The van der Waals surface area contributed by atoms with Gasteiger partial charge in [-0.25, -0.2) is 0 Å². The number of hydrogen-bond donors (Lipinski definition) is 2. The predicted octanol–water partition coefficient (Wildman–Crippen LogP) is 0.246. The first-order chi connectivity index (χ1) is 5.50. The van der Waals surface area contributed by atoms with Gasteiger partial charge in [0.15, 0.2) is 6.10 Å². The quantitative estimate of drug-likeness (QED) is 0.647. The highest BCUT2D eigenvalue weighted by atomic mass is 19.4. The molecule has 6 heteroatoms. The maximum absolute atomic E-state index is 11.8. The number of hydrogen-bond acceptors (Lipinski definition) is 3. The van der Waals surface area contributed by atoms with Gasteiger partial charge in [-0.1, -0.05) is 0 Å². The average Bonchev–Trinajstić information content (AvgIpc) is 2.37. The second-order valence-electron chi connectivity index (χ2n) is 2.71. The summed E-state index contributed by atoms with van der Waals surface area (Å²) in [6, 6.07) is -0.387. The van der Waals surface area contributed by atoms with Crippen molar-refractivity contribution >= 4 is 0 Å². The number of rotatable bonds is 2. The predicted molar refractivity (Wildman–Crippen MR) is 34.4 cm³/mol. The second kappa shape index (κ2) is 3.59. The second-order valence-corrected chi connectivity index (χ2v) is 2.71. The lowest BCUT2D eigenvalue weighted by molar-refractivity contribution is -0.206. The van der Waals surface area contributed by atoms with Crippen LogP contribution in [0.4, 0.5) is 13.2 Å². The minimum Gasteiger partial charge on any atom is -0.384 e. The maximum Gasteiger partial charge on any atom is 0.414 e. The molecular weight excluding hydrogens is 175 g/mol. The number of aliphatic hydroxyl groups excluding tert-OH is 1. The van der Waals surface area contributed by atoms with Gasteiger partial charge in [0.05, 0.1) is 13.3 Å². The van der Waals surface area contributed by atoms with E-state index in [4.69, 9.17) is 9.84 Å². The molecule has 72 valence electrons. The van der Waals surface area contributed by atoms with Crippen molar-refractivity contribution in [1.82, 2.24) is 5.32 Å². The van der Waals surface area contributed by atoms with Crippen LogP contribution in [0.15, 0.2) is 0 Å². The Hall–Kier alpha value is -0.330. The smallest absolute Gasteiger partial charge is 0.384 e. The van der Waals surface area contributed by atoms with Gasteiger partial charge >= 0.3 is 6.18 Å². The number of aliphatic hydroxyl groups is 1. The lowest BCUT2D eigenvalue weighted by atomic mass is 10.1. The van der Waals surface area contributed by atoms with Gasteiger partial charge in [-0.15, -0.1) is 0 Å². The van der Waals surface area contributed by atoms with Crippen molar-refractivity contribution in [3.8, 4) is 0 Å². The first kappa shape index (κ1) is 9.76. The SMILES string of the molecule is O[C@H](CC1COCN1)C(F)(F)F. The Kier molecular flexibility index (Phi) is 2.92. The summed E-state index contributed by atoms with van der Waals surface area (Å²) in [5.74, 6) is 0. The van der Waals surface area contributed by atoms with Crippen LogP contribution in [0.2, 0.25) is 0 Å². The van der Waals surface area contributed by atoms with Crippen LogP contribution in [0, 0.1) is 0 Å². The molecule has 3 nitrogen and oxygen atoms in total. The Morgan fingerprint density at radius 3 is 2.67 bits per heavy atom. The molecule has 0 aromatic rings. The van der Waals surface area contributed by atoms with Crippen molar-refractivity contribution in [1.29, 1.82) is 0 Å². The topological polar surface area (TPSA) is 41.5 Å². The van der Waals surface area contributed by atoms with Gasteiger partial charge in [0, 0.05) is 6.04 Å². The Balaban J connectivity index is 2.30. The molecule has 0 aromatic carbocycles. The van der Waals surface area contributed by atoms with E-state index in [-0.39, 0.29) is 25.8 Å². The molecule has 2 atom stereocenters. The molecule has 0 bridgehead atoms. The summed E-state index contributed by atoms with van der Waals surface area (Å²) in [5, 5.41) is 11.3. The minimum absolute atomic E-state index is 0.229.